The van der Waals surface area contributed by atoms with Crippen molar-refractivity contribution in [1.82, 2.24) is 4.90 Å². The van der Waals surface area contributed by atoms with Gasteiger partial charge in [0.05, 0.1) is 0 Å². The third kappa shape index (κ3) is 1.96. The molecule has 1 aliphatic carbocycles. The molecule has 20 heavy (non-hydrogen) atoms. The van der Waals surface area contributed by atoms with Crippen molar-refractivity contribution in [1.29, 1.82) is 0 Å². The van der Waals surface area contributed by atoms with Crippen LogP contribution in [0.2, 0.25) is 0 Å². The predicted molar refractivity (Wildman–Crippen MR) is 83.2 cm³/mol. The molecule has 2 bridgehead atoms. The highest BCUT2D eigenvalue weighted by Gasteiger charge is 2.49. The first kappa shape index (κ1) is 13.9. The lowest BCUT2D eigenvalue weighted by atomic mass is 9.57. The number of hydrogen-bond acceptors (Lipinski definition) is 2. The summed E-state index contributed by atoms with van der Waals surface area (Å²) < 4.78 is 0. The number of benzene rings is 1. The molecule has 0 radical (unpaired) electrons. The quantitative estimate of drug-likeness (QED) is 0.907. The van der Waals surface area contributed by atoms with E-state index in [1.807, 2.05) is 12.1 Å². The second-order valence-corrected chi connectivity index (χ2v) is 6.83. The Kier molecular flexibility index (Phi) is 3.53. The molecule has 1 fully saturated rings. The van der Waals surface area contributed by atoms with Gasteiger partial charge in [0.25, 0.3) is 0 Å². The Labute approximate surface area is 122 Å². The first-order valence-corrected chi connectivity index (χ1v) is 8.16. The molecular formula is C18H27NO. The average Bonchev–Trinajstić information content (AvgIpc) is 2.43. The van der Waals surface area contributed by atoms with Crippen molar-refractivity contribution in [3.63, 3.8) is 0 Å². The van der Waals surface area contributed by atoms with Gasteiger partial charge < -0.3 is 5.11 Å². The van der Waals surface area contributed by atoms with Crippen LogP contribution in [0.4, 0.5) is 0 Å². The molecule has 1 aromatic carbocycles. The normalized spacial score (nSPS) is 33.0. The largest absolute Gasteiger partial charge is 0.508 e. The minimum absolute atomic E-state index is 0.246. The van der Waals surface area contributed by atoms with Gasteiger partial charge in [-0.05, 0) is 66.9 Å². The fourth-order valence-electron chi connectivity index (χ4n) is 4.80. The number of nitrogens with zero attached hydrogens (tertiary/aromatic N) is 1. The fraction of sp³-hybridized carbons (Fsp3) is 0.667. The van der Waals surface area contributed by atoms with Crippen LogP contribution in [0.3, 0.4) is 0 Å². The Morgan fingerprint density at radius 3 is 2.85 bits per heavy atom. The maximum Gasteiger partial charge on any atom is 0.115 e. The molecule has 2 heteroatoms. The van der Waals surface area contributed by atoms with E-state index in [9.17, 15) is 5.11 Å². The van der Waals surface area contributed by atoms with Gasteiger partial charge in [0.15, 0.2) is 0 Å². The van der Waals surface area contributed by atoms with Crippen molar-refractivity contribution in [2.45, 2.75) is 57.9 Å². The Hall–Kier alpha value is -1.02. The number of likely N-dealkylation sites (tertiary alicyclic amines) is 1. The lowest BCUT2D eigenvalue weighted by molar-refractivity contribution is 0.0199. The number of piperidine rings is 1. The number of aromatic hydroxyl groups is 1. The lowest BCUT2D eigenvalue weighted by Crippen LogP contribution is -2.58. The van der Waals surface area contributed by atoms with E-state index in [0.29, 0.717) is 11.8 Å². The number of rotatable bonds is 3. The van der Waals surface area contributed by atoms with Gasteiger partial charge in [0.1, 0.15) is 5.75 Å². The highest BCUT2D eigenvalue weighted by atomic mass is 16.3. The molecule has 2 aliphatic rings. The van der Waals surface area contributed by atoms with E-state index in [0.717, 1.165) is 12.3 Å². The van der Waals surface area contributed by atoms with E-state index in [2.05, 4.69) is 31.7 Å². The molecular weight excluding hydrogens is 246 g/mol. The molecule has 0 amide bonds. The zero-order chi connectivity index (χ0) is 14.3. The molecule has 0 aromatic heterocycles. The standard InChI is InChI=1S/C18H27NO/c1-4-9-19-10-8-18(3)15(5-2)17(19)11-13-6-7-14(20)12-16(13)18/h6-7,12,15,17,20H,4-5,8-11H2,1-3H3/t15-,17+,18-/m0/s1. The first-order chi connectivity index (χ1) is 9.60. The smallest absolute Gasteiger partial charge is 0.115 e. The van der Waals surface area contributed by atoms with Crippen LogP contribution in [-0.4, -0.2) is 29.1 Å². The molecule has 3 atom stereocenters. The topological polar surface area (TPSA) is 23.5 Å². The van der Waals surface area contributed by atoms with Gasteiger partial charge in [-0.2, -0.15) is 0 Å². The van der Waals surface area contributed by atoms with Crippen LogP contribution in [-0.2, 0) is 11.8 Å². The Morgan fingerprint density at radius 1 is 1.35 bits per heavy atom. The summed E-state index contributed by atoms with van der Waals surface area (Å²) in [4.78, 5) is 2.71. The van der Waals surface area contributed by atoms with Crippen LogP contribution in [0.5, 0.6) is 5.75 Å². The molecule has 110 valence electrons. The van der Waals surface area contributed by atoms with Gasteiger partial charge in [-0.15, -0.1) is 0 Å². The highest BCUT2D eigenvalue weighted by Crippen LogP contribution is 2.50. The van der Waals surface area contributed by atoms with E-state index >= 15 is 0 Å². The summed E-state index contributed by atoms with van der Waals surface area (Å²) in [5.41, 5.74) is 3.12. The first-order valence-electron chi connectivity index (χ1n) is 8.16. The van der Waals surface area contributed by atoms with Gasteiger partial charge in [-0.3, -0.25) is 4.90 Å². The summed E-state index contributed by atoms with van der Waals surface area (Å²) in [5, 5.41) is 9.88. The molecule has 2 nitrogen and oxygen atoms in total. The summed E-state index contributed by atoms with van der Waals surface area (Å²) in [6.45, 7) is 9.48. The van der Waals surface area contributed by atoms with Gasteiger partial charge >= 0.3 is 0 Å². The van der Waals surface area contributed by atoms with Crippen LogP contribution in [0.15, 0.2) is 18.2 Å². The Balaban J connectivity index is 2.05. The van der Waals surface area contributed by atoms with Crippen molar-refractivity contribution >= 4 is 0 Å². The van der Waals surface area contributed by atoms with Gasteiger partial charge in [-0.1, -0.05) is 33.3 Å². The summed E-state index contributed by atoms with van der Waals surface area (Å²) in [6, 6.07) is 6.73. The maximum absolute atomic E-state index is 9.88. The van der Waals surface area contributed by atoms with Crippen LogP contribution in [0.1, 0.15) is 51.2 Å². The molecule has 1 aromatic rings. The van der Waals surface area contributed by atoms with E-state index < -0.39 is 0 Å². The van der Waals surface area contributed by atoms with E-state index in [1.54, 1.807) is 0 Å². The lowest BCUT2D eigenvalue weighted by Gasteiger charge is -2.55. The molecule has 1 heterocycles. The van der Waals surface area contributed by atoms with E-state index in [4.69, 9.17) is 0 Å². The van der Waals surface area contributed by atoms with Gasteiger partial charge in [0.2, 0.25) is 0 Å². The van der Waals surface area contributed by atoms with Crippen LogP contribution < -0.4 is 0 Å². The maximum atomic E-state index is 9.88. The Bertz CT molecular complexity index is 498. The van der Waals surface area contributed by atoms with Crippen LogP contribution >= 0.6 is 0 Å². The Morgan fingerprint density at radius 2 is 2.15 bits per heavy atom. The monoisotopic (exact) mass is 273 g/mol. The second-order valence-electron chi connectivity index (χ2n) is 6.83. The van der Waals surface area contributed by atoms with Gasteiger partial charge in [-0.25, -0.2) is 0 Å². The third-order valence-electron chi connectivity index (χ3n) is 5.76. The third-order valence-corrected chi connectivity index (χ3v) is 5.76. The van der Waals surface area contributed by atoms with Crippen LogP contribution in [0.25, 0.3) is 0 Å². The summed E-state index contributed by atoms with van der Waals surface area (Å²) in [6.07, 6.45) is 4.85. The number of phenols is 1. The molecule has 1 N–H and O–H groups in total. The van der Waals surface area contributed by atoms with Crippen molar-refractivity contribution in [3.8, 4) is 5.75 Å². The number of hydrogen-bond donors (Lipinski definition) is 1. The molecule has 1 aliphatic heterocycles. The van der Waals surface area contributed by atoms with Crippen molar-refractivity contribution in [3.05, 3.63) is 29.3 Å². The summed E-state index contributed by atoms with van der Waals surface area (Å²) in [5.74, 6) is 1.14. The predicted octanol–water partition coefficient (Wildman–Crippen LogP) is 3.72. The zero-order valence-electron chi connectivity index (χ0n) is 13.0. The zero-order valence-corrected chi connectivity index (χ0v) is 13.0. The molecule has 0 unspecified atom stereocenters. The summed E-state index contributed by atoms with van der Waals surface area (Å²) >= 11 is 0. The van der Waals surface area contributed by atoms with Crippen molar-refractivity contribution in [2.24, 2.45) is 5.92 Å². The minimum atomic E-state index is 0.246. The molecule has 1 saturated heterocycles. The molecule has 0 spiro atoms. The fourth-order valence-corrected chi connectivity index (χ4v) is 4.80. The van der Waals surface area contributed by atoms with Crippen molar-refractivity contribution in [2.75, 3.05) is 13.1 Å². The average molecular weight is 273 g/mol. The van der Waals surface area contributed by atoms with E-state index in [-0.39, 0.29) is 5.41 Å². The second kappa shape index (κ2) is 5.07. The van der Waals surface area contributed by atoms with Gasteiger partial charge in [0, 0.05) is 6.04 Å². The highest BCUT2D eigenvalue weighted by molar-refractivity contribution is 5.44. The van der Waals surface area contributed by atoms with Crippen molar-refractivity contribution < 1.29 is 5.11 Å². The molecule has 0 saturated carbocycles. The van der Waals surface area contributed by atoms with Crippen LogP contribution in [0, 0.1) is 5.92 Å². The number of fused-ring (bicyclic) bond motifs is 4. The van der Waals surface area contributed by atoms with E-state index in [1.165, 1.54) is 43.5 Å². The number of phenolic OH excluding ortho intramolecular Hbond substituents is 1. The summed E-state index contributed by atoms with van der Waals surface area (Å²) in [7, 11) is 0. The SMILES string of the molecule is CCCN1CC[C@]2(C)c3cc(O)ccc3C[C@@H]1[C@@H]2CC. The minimum Gasteiger partial charge on any atom is -0.508 e. The molecule has 3 rings (SSSR count).